The molecule has 2 aromatic heterocycles. The third-order valence-corrected chi connectivity index (χ3v) is 5.50. The number of amides is 1. The molecule has 7 heteroatoms. The van der Waals surface area contributed by atoms with Crippen molar-refractivity contribution in [2.45, 2.75) is 26.3 Å². The molecule has 0 N–H and O–H groups in total. The second kappa shape index (κ2) is 10.2. The van der Waals surface area contributed by atoms with Crippen LogP contribution in [0.15, 0.2) is 75.6 Å². The number of methoxy groups -OCH3 is 1. The van der Waals surface area contributed by atoms with Crippen LogP contribution in [-0.4, -0.2) is 35.9 Å². The highest BCUT2D eigenvalue weighted by atomic mass is 16.5. The Morgan fingerprint density at radius 3 is 2.26 bits per heavy atom. The minimum absolute atomic E-state index is 0.0885. The number of carbonyl (C=O) groups is 2. The fourth-order valence-electron chi connectivity index (χ4n) is 3.71. The number of hydrogen-bond donors (Lipinski definition) is 0. The van der Waals surface area contributed by atoms with Crippen molar-refractivity contribution < 1.29 is 23.2 Å². The Labute approximate surface area is 198 Å². The SMILES string of the molecule is COC(=O)c1cc(CN(C)C(=O)CCc2nc(-c3ccccc3)c(-c3ccccc3)o2)oc1C. The maximum absolute atomic E-state index is 12.8. The van der Waals surface area contributed by atoms with E-state index in [1.165, 1.54) is 7.11 Å². The molecule has 2 heterocycles. The Kier molecular flexibility index (Phi) is 6.92. The number of oxazole rings is 1. The number of aromatic nitrogens is 1. The van der Waals surface area contributed by atoms with Crippen LogP contribution < -0.4 is 0 Å². The molecule has 0 aliphatic rings. The lowest BCUT2D eigenvalue weighted by Gasteiger charge is -2.15. The predicted molar refractivity (Wildman–Crippen MR) is 127 cm³/mol. The highest BCUT2D eigenvalue weighted by Crippen LogP contribution is 2.32. The summed E-state index contributed by atoms with van der Waals surface area (Å²) in [5.74, 6) is 1.61. The van der Waals surface area contributed by atoms with Gasteiger partial charge in [-0.25, -0.2) is 9.78 Å². The summed E-state index contributed by atoms with van der Waals surface area (Å²) in [5.41, 5.74) is 3.00. The average molecular weight is 459 g/mol. The van der Waals surface area contributed by atoms with Gasteiger partial charge < -0.3 is 18.5 Å². The van der Waals surface area contributed by atoms with E-state index in [4.69, 9.17) is 18.6 Å². The van der Waals surface area contributed by atoms with E-state index in [1.807, 2.05) is 60.7 Å². The number of benzene rings is 2. The van der Waals surface area contributed by atoms with Crippen molar-refractivity contribution in [3.8, 4) is 22.6 Å². The van der Waals surface area contributed by atoms with E-state index in [0.29, 0.717) is 35.2 Å². The van der Waals surface area contributed by atoms with Crippen molar-refractivity contribution in [1.29, 1.82) is 0 Å². The monoisotopic (exact) mass is 458 g/mol. The van der Waals surface area contributed by atoms with Crippen LogP contribution in [-0.2, 0) is 22.5 Å². The smallest absolute Gasteiger partial charge is 0.341 e. The van der Waals surface area contributed by atoms with Gasteiger partial charge in [-0.2, -0.15) is 0 Å². The molecular weight excluding hydrogens is 432 g/mol. The van der Waals surface area contributed by atoms with Gasteiger partial charge in [-0.3, -0.25) is 4.79 Å². The van der Waals surface area contributed by atoms with Gasteiger partial charge in [0.2, 0.25) is 5.91 Å². The lowest BCUT2D eigenvalue weighted by atomic mass is 10.1. The molecule has 0 bridgehead atoms. The first-order valence-electron chi connectivity index (χ1n) is 11.0. The van der Waals surface area contributed by atoms with Gasteiger partial charge in [-0.15, -0.1) is 0 Å². The highest BCUT2D eigenvalue weighted by Gasteiger charge is 2.20. The Bertz CT molecular complexity index is 1220. The molecule has 2 aromatic carbocycles. The van der Waals surface area contributed by atoms with E-state index in [2.05, 4.69) is 0 Å². The van der Waals surface area contributed by atoms with Crippen LogP contribution in [0.2, 0.25) is 0 Å². The minimum Gasteiger partial charge on any atom is -0.465 e. The number of rotatable bonds is 8. The molecule has 0 saturated carbocycles. The normalized spacial score (nSPS) is 10.8. The van der Waals surface area contributed by atoms with Crippen LogP contribution in [0.25, 0.3) is 22.6 Å². The molecule has 4 rings (SSSR count). The summed E-state index contributed by atoms with van der Waals surface area (Å²) < 4.78 is 16.5. The zero-order valence-corrected chi connectivity index (χ0v) is 19.4. The summed E-state index contributed by atoms with van der Waals surface area (Å²) in [7, 11) is 3.01. The van der Waals surface area contributed by atoms with Crippen LogP contribution in [0, 0.1) is 6.92 Å². The summed E-state index contributed by atoms with van der Waals surface area (Å²) in [6.45, 7) is 1.93. The fourth-order valence-corrected chi connectivity index (χ4v) is 3.71. The van der Waals surface area contributed by atoms with Gasteiger partial charge >= 0.3 is 5.97 Å². The van der Waals surface area contributed by atoms with Crippen LogP contribution in [0.3, 0.4) is 0 Å². The number of carbonyl (C=O) groups excluding carboxylic acids is 2. The quantitative estimate of drug-likeness (QED) is 0.334. The van der Waals surface area contributed by atoms with Gasteiger partial charge in [0, 0.05) is 31.0 Å². The predicted octanol–water partition coefficient (Wildman–Crippen LogP) is 5.29. The standard InChI is InChI=1S/C27H26N2O5/c1-18-22(27(31)32-3)16-21(33-18)17-29(2)24(30)15-14-23-28-25(19-10-6-4-7-11-19)26(34-23)20-12-8-5-9-13-20/h4-13,16H,14-15,17H2,1-3H3. The number of furan rings is 1. The Morgan fingerprint density at radius 1 is 0.971 bits per heavy atom. The number of esters is 1. The molecule has 4 aromatic rings. The summed E-state index contributed by atoms with van der Waals surface area (Å²) in [5, 5.41) is 0. The molecule has 0 atom stereocenters. The molecule has 0 radical (unpaired) electrons. The van der Waals surface area contributed by atoms with Crippen molar-refractivity contribution in [2.75, 3.05) is 14.2 Å². The van der Waals surface area contributed by atoms with Crippen molar-refractivity contribution in [3.63, 3.8) is 0 Å². The molecule has 34 heavy (non-hydrogen) atoms. The topological polar surface area (TPSA) is 85.8 Å². The zero-order chi connectivity index (χ0) is 24.1. The van der Waals surface area contributed by atoms with Gasteiger partial charge in [0.05, 0.1) is 13.7 Å². The van der Waals surface area contributed by atoms with Crippen LogP contribution in [0.5, 0.6) is 0 Å². The van der Waals surface area contributed by atoms with E-state index in [-0.39, 0.29) is 18.9 Å². The number of ether oxygens (including phenoxy) is 1. The molecule has 0 spiro atoms. The number of aryl methyl sites for hydroxylation is 2. The average Bonchev–Trinajstić information content (AvgIpc) is 3.46. The van der Waals surface area contributed by atoms with Crippen molar-refractivity contribution in [2.24, 2.45) is 0 Å². The second-order valence-corrected chi connectivity index (χ2v) is 7.94. The van der Waals surface area contributed by atoms with Gasteiger partial charge in [-0.05, 0) is 13.0 Å². The van der Waals surface area contributed by atoms with Crippen molar-refractivity contribution in [3.05, 3.63) is 89.7 Å². The number of nitrogens with zero attached hydrogens (tertiary/aromatic N) is 2. The van der Waals surface area contributed by atoms with Crippen LogP contribution in [0.4, 0.5) is 0 Å². The number of hydrogen-bond acceptors (Lipinski definition) is 6. The lowest BCUT2D eigenvalue weighted by molar-refractivity contribution is -0.130. The summed E-state index contributed by atoms with van der Waals surface area (Å²) >= 11 is 0. The maximum atomic E-state index is 12.8. The maximum Gasteiger partial charge on any atom is 0.341 e. The Balaban J connectivity index is 1.46. The summed E-state index contributed by atoms with van der Waals surface area (Å²) in [6, 6.07) is 21.3. The van der Waals surface area contributed by atoms with Gasteiger partial charge in [0.25, 0.3) is 0 Å². The third-order valence-electron chi connectivity index (χ3n) is 5.50. The van der Waals surface area contributed by atoms with E-state index in [0.717, 1.165) is 16.8 Å². The van der Waals surface area contributed by atoms with E-state index >= 15 is 0 Å². The minimum atomic E-state index is -0.464. The van der Waals surface area contributed by atoms with Crippen molar-refractivity contribution in [1.82, 2.24) is 9.88 Å². The first-order valence-corrected chi connectivity index (χ1v) is 11.0. The molecular formula is C27H26N2O5. The molecule has 0 aliphatic heterocycles. The van der Waals surface area contributed by atoms with Gasteiger partial charge in [0.15, 0.2) is 11.7 Å². The van der Waals surface area contributed by atoms with E-state index in [1.54, 1.807) is 24.9 Å². The van der Waals surface area contributed by atoms with Crippen LogP contribution >= 0.6 is 0 Å². The molecule has 174 valence electrons. The fraction of sp³-hybridized carbons (Fsp3) is 0.222. The molecule has 1 amide bonds. The van der Waals surface area contributed by atoms with Gasteiger partial charge in [0.1, 0.15) is 22.8 Å². The van der Waals surface area contributed by atoms with E-state index in [9.17, 15) is 9.59 Å². The van der Waals surface area contributed by atoms with Crippen LogP contribution in [0.1, 0.15) is 34.2 Å². The first-order chi connectivity index (χ1) is 16.5. The van der Waals surface area contributed by atoms with Gasteiger partial charge in [-0.1, -0.05) is 60.7 Å². The van der Waals surface area contributed by atoms with Crippen molar-refractivity contribution >= 4 is 11.9 Å². The second-order valence-electron chi connectivity index (χ2n) is 7.94. The largest absolute Gasteiger partial charge is 0.465 e. The molecule has 0 fully saturated rings. The molecule has 0 saturated heterocycles. The Hall–Kier alpha value is -4.13. The zero-order valence-electron chi connectivity index (χ0n) is 19.4. The third kappa shape index (κ3) is 5.09. The van der Waals surface area contributed by atoms with E-state index < -0.39 is 5.97 Å². The molecule has 0 aliphatic carbocycles. The molecule has 0 unspecified atom stereocenters. The molecule has 7 nitrogen and oxygen atoms in total. The summed E-state index contributed by atoms with van der Waals surface area (Å²) in [4.78, 5) is 30.8. The lowest BCUT2D eigenvalue weighted by Crippen LogP contribution is -2.26. The Morgan fingerprint density at radius 2 is 1.62 bits per heavy atom. The highest BCUT2D eigenvalue weighted by molar-refractivity contribution is 5.90. The first kappa shape index (κ1) is 23.0. The summed E-state index contributed by atoms with van der Waals surface area (Å²) in [6.07, 6.45) is 0.587.